The monoisotopic (exact) mass is 264 g/mol. The Hall–Kier alpha value is -2.57. The molecular formula is C12H12N2O5. The minimum atomic E-state index is -1.14. The van der Waals surface area contributed by atoms with Crippen LogP contribution >= 0.6 is 0 Å². The van der Waals surface area contributed by atoms with Crippen LogP contribution in [0, 0.1) is 0 Å². The first-order valence-corrected chi connectivity index (χ1v) is 5.58. The number of hydrogen-bond donors (Lipinski definition) is 2. The lowest BCUT2D eigenvalue weighted by Gasteiger charge is -2.28. The Morgan fingerprint density at radius 3 is 2.84 bits per heavy atom. The first-order valence-electron chi connectivity index (χ1n) is 5.58. The van der Waals surface area contributed by atoms with Gasteiger partial charge in [-0.25, -0.2) is 0 Å². The summed E-state index contributed by atoms with van der Waals surface area (Å²) >= 11 is 0. The number of hydrogen-bond acceptors (Lipinski definition) is 4. The summed E-state index contributed by atoms with van der Waals surface area (Å²) in [6.07, 6.45) is 0. The van der Waals surface area contributed by atoms with Gasteiger partial charge in [-0.3, -0.25) is 19.3 Å². The lowest BCUT2D eigenvalue weighted by Crippen LogP contribution is -2.45. The number of benzene rings is 1. The molecule has 2 N–H and O–H groups in total. The summed E-state index contributed by atoms with van der Waals surface area (Å²) in [5.41, 5.74) is 0.504. The van der Waals surface area contributed by atoms with E-state index in [1.54, 1.807) is 24.3 Å². The normalized spacial score (nSPS) is 13.5. The number of carboxylic acid groups (broad SMARTS) is 1. The molecule has 0 spiro atoms. The molecule has 0 bridgehead atoms. The summed E-state index contributed by atoms with van der Waals surface area (Å²) in [5.74, 6) is -1.49. The van der Waals surface area contributed by atoms with Crippen molar-refractivity contribution >= 4 is 23.5 Å². The molecule has 0 saturated carbocycles. The van der Waals surface area contributed by atoms with E-state index in [2.05, 4.69) is 5.32 Å². The number of amides is 2. The molecule has 1 heterocycles. The lowest BCUT2D eigenvalue weighted by molar-refractivity contribution is -0.137. The second-order valence-corrected chi connectivity index (χ2v) is 3.91. The number of nitrogens with one attached hydrogen (secondary N) is 1. The first-order chi connectivity index (χ1) is 9.08. The first kappa shape index (κ1) is 12.9. The second kappa shape index (κ2) is 5.38. The third kappa shape index (κ3) is 3.01. The fourth-order valence-corrected chi connectivity index (χ4v) is 1.70. The van der Waals surface area contributed by atoms with Gasteiger partial charge in [-0.1, -0.05) is 12.1 Å². The van der Waals surface area contributed by atoms with Crippen molar-refractivity contribution in [2.75, 3.05) is 24.6 Å². The summed E-state index contributed by atoms with van der Waals surface area (Å²) < 4.78 is 5.23. The third-order valence-electron chi connectivity index (χ3n) is 2.55. The zero-order valence-electron chi connectivity index (χ0n) is 9.96. The number of carbonyl (C=O) groups excluding carboxylic acids is 2. The van der Waals surface area contributed by atoms with Gasteiger partial charge in [0.05, 0.1) is 5.69 Å². The van der Waals surface area contributed by atoms with Crippen LogP contribution in [0.15, 0.2) is 24.3 Å². The largest absolute Gasteiger partial charge is 0.482 e. The van der Waals surface area contributed by atoms with Gasteiger partial charge >= 0.3 is 5.97 Å². The van der Waals surface area contributed by atoms with Crippen LogP contribution in [0.4, 0.5) is 5.69 Å². The number of rotatable bonds is 4. The highest BCUT2D eigenvalue weighted by molar-refractivity contribution is 6.02. The van der Waals surface area contributed by atoms with Gasteiger partial charge in [0.15, 0.2) is 6.61 Å². The van der Waals surface area contributed by atoms with Crippen molar-refractivity contribution < 1.29 is 24.2 Å². The molecule has 2 rings (SSSR count). The molecule has 0 radical (unpaired) electrons. The number of aliphatic carboxylic acids is 1. The number of carbonyl (C=O) groups is 3. The Morgan fingerprint density at radius 1 is 1.37 bits per heavy atom. The molecule has 0 unspecified atom stereocenters. The lowest BCUT2D eigenvalue weighted by atomic mass is 10.2. The van der Waals surface area contributed by atoms with Crippen molar-refractivity contribution in [1.82, 2.24) is 5.32 Å². The molecule has 19 heavy (non-hydrogen) atoms. The van der Waals surface area contributed by atoms with Gasteiger partial charge in [0.1, 0.15) is 18.8 Å². The highest BCUT2D eigenvalue weighted by Gasteiger charge is 2.26. The maximum atomic E-state index is 11.7. The molecule has 1 aromatic carbocycles. The van der Waals surface area contributed by atoms with E-state index >= 15 is 0 Å². The van der Waals surface area contributed by atoms with E-state index in [0.29, 0.717) is 11.4 Å². The zero-order chi connectivity index (χ0) is 13.8. The minimum Gasteiger partial charge on any atom is -0.482 e. The highest BCUT2D eigenvalue weighted by atomic mass is 16.5. The van der Waals surface area contributed by atoms with Crippen LogP contribution < -0.4 is 15.0 Å². The van der Waals surface area contributed by atoms with Crippen LogP contribution in [0.3, 0.4) is 0 Å². The van der Waals surface area contributed by atoms with E-state index in [0.717, 1.165) is 0 Å². The van der Waals surface area contributed by atoms with Gasteiger partial charge in [-0.2, -0.15) is 0 Å². The number of nitrogens with zero attached hydrogens (tertiary/aromatic N) is 1. The van der Waals surface area contributed by atoms with Gasteiger partial charge in [0, 0.05) is 0 Å². The number of carboxylic acids is 1. The SMILES string of the molecule is O=C(O)CNC(=O)CN1C(=O)COc2ccccc21. The Kier molecular flexibility index (Phi) is 3.65. The number of anilines is 1. The fourth-order valence-electron chi connectivity index (χ4n) is 1.70. The average molecular weight is 264 g/mol. The molecule has 0 aromatic heterocycles. The summed E-state index contributed by atoms with van der Waals surface area (Å²) in [4.78, 5) is 34.9. The highest BCUT2D eigenvalue weighted by Crippen LogP contribution is 2.30. The van der Waals surface area contributed by atoms with Crippen molar-refractivity contribution in [2.45, 2.75) is 0 Å². The summed E-state index contributed by atoms with van der Waals surface area (Å²) in [7, 11) is 0. The Labute approximate surface area is 108 Å². The molecule has 7 heteroatoms. The molecule has 1 aliphatic heterocycles. The third-order valence-corrected chi connectivity index (χ3v) is 2.55. The second-order valence-electron chi connectivity index (χ2n) is 3.91. The van der Waals surface area contributed by atoms with E-state index in [4.69, 9.17) is 9.84 Å². The molecule has 7 nitrogen and oxygen atoms in total. The van der Waals surface area contributed by atoms with E-state index < -0.39 is 18.4 Å². The molecule has 0 fully saturated rings. The zero-order valence-corrected chi connectivity index (χ0v) is 9.96. The molecule has 2 amide bonds. The number of para-hydroxylation sites is 2. The Morgan fingerprint density at radius 2 is 2.11 bits per heavy atom. The van der Waals surface area contributed by atoms with Crippen molar-refractivity contribution in [2.24, 2.45) is 0 Å². The molecule has 0 atom stereocenters. The van der Waals surface area contributed by atoms with Gasteiger partial charge < -0.3 is 15.2 Å². The van der Waals surface area contributed by atoms with Gasteiger partial charge in [-0.15, -0.1) is 0 Å². The standard InChI is InChI=1S/C12H12N2O5/c15-10(13-5-12(17)18)6-14-8-3-1-2-4-9(8)19-7-11(14)16/h1-4H,5-7H2,(H,13,15)(H,17,18). The van der Waals surface area contributed by atoms with Gasteiger partial charge in [0.2, 0.25) is 5.91 Å². The van der Waals surface area contributed by atoms with Crippen molar-refractivity contribution in [1.29, 1.82) is 0 Å². The van der Waals surface area contributed by atoms with E-state index in [-0.39, 0.29) is 19.1 Å². The minimum absolute atomic E-state index is 0.136. The van der Waals surface area contributed by atoms with Crippen molar-refractivity contribution in [3.8, 4) is 5.75 Å². The van der Waals surface area contributed by atoms with E-state index in [1.807, 2.05) is 0 Å². The van der Waals surface area contributed by atoms with Crippen LogP contribution in [0.2, 0.25) is 0 Å². The smallest absolute Gasteiger partial charge is 0.322 e. The van der Waals surface area contributed by atoms with Crippen LogP contribution in [0.5, 0.6) is 5.75 Å². The molecule has 0 saturated heterocycles. The molecule has 100 valence electrons. The molecular weight excluding hydrogens is 252 g/mol. The van der Waals surface area contributed by atoms with Crippen LogP contribution in [-0.4, -0.2) is 42.6 Å². The quantitative estimate of drug-likeness (QED) is 0.772. The van der Waals surface area contributed by atoms with E-state index in [9.17, 15) is 14.4 Å². The van der Waals surface area contributed by atoms with Crippen molar-refractivity contribution in [3.63, 3.8) is 0 Å². The molecule has 1 aliphatic rings. The molecule has 1 aromatic rings. The topological polar surface area (TPSA) is 95.9 Å². The predicted octanol–water partition coefficient (Wildman–Crippen LogP) is -0.387. The number of fused-ring (bicyclic) bond motifs is 1. The number of ether oxygens (including phenoxy) is 1. The maximum absolute atomic E-state index is 11.7. The van der Waals surface area contributed by atoms with Crippen LogP contribution in [-0.2, 0) is 14.4 Å². The fraction of sp³-hybridized carbons (Fsp3) is 0.250. The average Bonchev–Trinajstić information content (AvgIpc) is 2.40. The predicted molar refractivity (Wildman–Crippen MR) is 64.9 cm³/mol. The van der Waals surface area contributed by atoms with E-state index in [1.165, 1.54) is 4.90 Å². The summed E-state index contributed by atoms with van der Waals surface area (Å²) in [6, 6.07) is 6.85. The van der Waals surface area contributed by atoms with Gasteiger partial charge in [0.25, 0.3) is 5.91 Å². The molecule has 0 aliphatic carbocycles. The Balaban J connectivity index is 2.09. The van der Waals surface area contributed by atoms with Crippen molar-refractivity contribution in [3.05, 3.63) is 24.3 Å². The van der Waals surface area contributed by atoms with Crippen LogP contribution in [0.25, 0.3) is 0 Å². The Bertz CT molecular complexity index is 529. The summed E-state index contributed by atoms with van der Waals surface area (Å²) in [5, 5.41) is 10.7. The maximum Gasteiger partial charge on any atom is 0.322 e. The van der Waals surface area contributed by atoms with Gasteiger partial charge in [-0.05, 0) is 12.1 Å². The van der Waals surface area contributed by atoms with Crippen LogP contribution in [0.1, 0.15) is 0 Å². The summed E-state index contributed by atoms with van der Waals surface area (Å²) in [6.45, 7) is -0.839.